The zero-order chi connectivity index (χ0) is 15.4. The highest BCUT2D eigenvalue weighted by Crippen LogP contribution is 2.18. The van der Waals surface area contributed by atoms with Gasteiger partial charge in [-0.05, 0) is 31.5 Å². The molecule has 5 N–H and O–H groups in total. The molecule has 1 aromatic heterocycles. The van der Waals surface area contributed by atoms with E-state index in [4.69, 9.17) is 5.73 Å². The first kappa shape index (κ1) is 15.0. The van der Waals surface area contributed by atoms with Gasteiger partial charge in [-0.2, -0.15) is 0 Å². The van der Waals surface area contributed by atoms with Crippen molar-refractivity contribution in [2.45, 2.75) is 19.8 Å². The van der Waals surface area contributed by atoms with E-state index in [1.807, 2.05) is 0 Å². The predicted molar refractivity (Wildman–Crippen MR) is 81.3 cm³/mol. The Morgan fingerprint density at radius 3 is 2.71 bits per heavy atom. The molecule has 2 aromatic rings. The van der Waals surface area contributed by atoms with Crippen molar-refractivity contribution in [2.24, 2.45) is 11.7 Å². The second kappa shape index (κ2) is 6.36. The number of fused-ring (bicyclic) bond motifs is 1. The van der Waals surface area contributed by atoms with E-state index in [-0.39, 0.29) is 22.6 Å². The van der Waals surface area contributed by atoms with Crippen LogP contribution in [0, 0.1) is 5.92 Å². The molecule has 0 bridgehead atoms. The maximum Gasteiger partial charge on any atom is 0.272 e. The van der Waals surface area contributed by atoms with Crippen molar-refractivity contribution in [2.75, 3.05) is 11.9 Å². The summed E-state index contributed by atoms with van der Waals surface area (Å²) < 4.78 is 0. The van der Waals surface area contributed by atoms with Gasteiger partial charge in [-0.25, -0.2) is 0 Å². The van der Waals surface area contributed by atoms with Crippen LogP contribution in [0.3, 0.4) is 0 Å². The van der Waals surface area contributed by atoms with Crippen LogP contribution in [0.4, 0.5) is 5.69 Å². The molecule has 21 heavy (non-hydrogen) atoms. The molecule has 0 spiro atoms. The van der Waals surface area contributed by atoms with Gasteiger partial charge in [0.25, 0.3) is 11.1 Å². The van der Waals surface area contributed by atoms with Crippen LogP contribution < -0.4 is 22.2 Å². The SMILES string of the molecule is CC(CCCN)C(=O)Nc1cccc2c(=O)[nH][nH]c(=O)c12. The van der Waals surface area contributed by atoms with Gasteiger partial charge < -0.3 is 11.1 Å². The molecule has 0 saturated carbocycles. The van der Waals surface area contributed by atoms with Crippen molar-refractivity contribution in [3.8, 4) is 0 Å². The van der Waals surface area contributed by atoms with Gasteiger partial charge in [0.05, 0.1) is 16.5 Å². The number of nitrogens with one attached hydrogen (secondary N) is 3. The fourth-order valence-electron chi connectivity index (χ4n) is 2.14. The minimum atomic E-state index is -0.449. The number of carbonyl (C=O) groups is 1. The molecule has 0 aliphatic carbocycles. The molecule has 7 heteroatoms. The third kappa shape index (κ3) is 3.19. The topological polar surface area (TPSA) is 121 Å². The maximum atomic E-state index is 12.1. The van der Waals surface area contributed by atoms with E-state index in [9.17, 15) is 14.4 Å². The number of anilines is 1. The van der Waals surface area contributed by atoms with Crippen molar-refractivity contribution < 1.29 is 4.79 Å². The average molecular weight is 290 g/mol. The maximum absolute atomic E-state index is 12.1. The highest BCUT2D eigenvalue weighted by atomic mass is 16.2. The van der Waals surface area contributed by atoms with Crippen molar-refractivity contribution >= 4 is 22.4 Å². The summed E-state index contributed by atoms with van der Waals surface area (Å²) in [7, 11) is 0. The first-order valence-electron chi connectivity index (χ1n) is 6.79. The number of H-pyrrole nitrogens is 2. The first-order valence-corrected chi connectivity index (χ1v) is 6.79. The second-order valence-electron chi connectivity index (χ2n) is 4.96. The molecular weight excluding hydrogens is 272 g/mol. The molecule has 1 atom stereocenters. The molecule has 0 saturated heterocycles. The number of hydrogen-bond donors (Lipinski definition) is 4. The van der Waals surface area contributed by atoms with Gasteiger partial charge in [0.1, 0.15) is 0 Å². The quantitative estimate of drug-likeness (QED) is 0.641. The lowest BCUT2D eigenvalue weighted by Gasteiger charge is -2.12. The van der Waals surface area contributed by atoms with Crippen LogP contribution in [0.25, 0.3) is 10.8 Å². The molecule has 112 valence electrons. The number of nitrogens with two attached hydrogens (primary N) is 1. The summed E-state index contributed by atoms with van der Waals surface area (Å²) >= 11 is 0. The van der Waals surface area contributed by atoms with Gasteiger partial charge in [-0.15, -0.1) is 0 Å². The molecule has 0 aliphatic heterocycles. The van der Waals surface area contributed by atoms with E-state index in [0.29, 0.717) is 18.7 Å². The van der Waals surface area contributed by atoms with Crippen LogP contribution in [-0.2, 0) is 4.79 Å². The Bertz CT molecular complexity index is 763. The van der Waals surface area contributed by atoms with Crippen LogP contribution in [0.5, 0.6) is 0 Å². The lowest BCUT2D eigenvalue weighted by molar-refractivity contribution is -0.119. The monoisotopic (exact) mass is 290 g/mol. The summed E-state index contributed by atoms with van der Waals surface area (Å²) in [4.78, 5) is 35.7. The number of carbonyl (C=O) groups excluding carboxylic acids is 1. The highest BCUT2D eigenvalue weighted by molar-refractivity contribution is 6.02. The lowest BCUT2D eigenvalue weighted by atomic mass is 10.0. The Hall–Kier alpha value is -2.41. The smallest absolute Gasteiger partial charge is 0.272 e. The standard InChI is InChI=1S/C14H18N4O3/c1-8(4-3-7-15)12(19)16-10-6-2-5-9-11(10)14(21)18-17-13(9)20/h2,5-6,8H,3-4,7,15H2,1H3,(H,16,19)(H,17,20)(H,18,21). The molecule has 1 unspecified atom stereocenters. The summed E-state index contributed by atoms with van der Waals surface area (Å²) in [5, 5.41) is 7.65. The summed E-state index contributed by atoms with van der Waals surface area (Å²) in [5.74, 6) is -0.416. The van der Waals surface area contributed by atoms with Gasteiger partial charge in [0.15, 0.2) is 0 Å². The van der Waals surface area contributed by atoms with Crippen molar-refractivity contribution in [1.29, 1.82) is 0 Å². The highest BCUT2D eigenvalue weighted by Gasteiger charge is 2.15. The van der Waals surface area contributed by atoms with Crippen LogP contribution >= 0.6 is 0 Å². The predicted octanol–water partition coefficient (Wildman–Crippen LogP) is 0.530. The third-order valence-electron chi connectivity index (χ3n) is 3.37. The Balaban J connectivity index is 2.35. The number of amides is 1. The minimum Gasteiger partial charge on any atom is -0.330 e. The van der Waals surface area contributed by atoms with Gasteiger partial charge >= 0.3 is 0 Å². The molecule has 1 amide bonds. The molecular formula is C14H18N4O3. The third-order valence-corrected chi connectivity index (χ3v) is 3.37. The van der Waals surface area contributed by atoms with E-state index < -0.39 is 11.1 Å². The Morgan fingerprint density at radius 1 is 1.29 bits per heavy atom. The van der Waals surface area contributed by atoms with Gasteiger partial charge in [0, 0.05) is 5.92 Å². The largest absolute Gasteiger partial charge is 0.330 e. The summed E-state index contributed by atoms with van der Waals surface area (Å²) in [6.45, 7) is 2.33. The van der Waals surface area contributed by atoms with Crippen LogP contribution in [-0.4, -0.2) is 22.6 Å². The van der Waals surface area contributed by atoms with Crippen LogP contribution in [0.15, 0.2) is 27.8 Å². The molecule has 0 aliphatic rings. The summed E-state index contributed by atoms with van der Waals surface area (Å²) in [5.41, 5.74) is 4.91. The fourth-order valence-corrected chi connectivity index (χ4v) is 2.14. The van der Waals surface area contributed by atoms with Gasteiger partial charge in [-0.3, -0.25) is 24.6 Å². The van der Waals surface area contributed by atoms with Crippen molar-refractivity contribution in [3.63, 3.8) is 0 Å². The van der Waals surface area contributed by atoms with Crippen molar-refractivity contribution in [1.82, 2.24) is 10.2 Å². The zero-order valence-electron chi connectivity index (χ0n) is 11.7. The fraction of sp³-hybridized carbons (Fsp3) is 0.357. The lowest BCUT2D eigenvalue weighted by Crippen LogP contribution is -2.24. The van der Waals surface area contributed by atoms with E-state index >= 15 is 0 Å². The number of hydrogen-bond acceptors (Lipinski definition) is 4. The Labute approximate surface area is 120 Å². The zero-order valence-corrected chi connectivity index (χ0v) is 11.7. The van der Waals surface area contributed by atoms with E-state index in [1.54, 1.807) is 19.1 Å². The van der Waals surface area contributed by atoms with E-state index in [0.717, 1.165) is 6.42 Å². The first-order chi connectivity index (χ1) is 10.0. The molecule has 0 fully saturated rings. The Morgan fingerprint density at radius 2 is 2.00 bits per heavy atom. The summed E-state index contributed by atoms with van der Waals surface area (Å²) in [6, 6.07) is 4.76. The minimum absolute atomic E-state index is 0.181. The van der Waals surface area contributed by atoms with Gasteiger partial charge in [-0.1, -0.05) is 13.0 Å². The van der Waals surface area contributed by atoms with Crippen molar-refractivity contribution in [3.05, 3.63) is 38.9 Å². The number of benzene rings is 1. The second-order valence-corrected chi connectivity index (χ2v) is 4.96. The number of aromatic amines is 2. The normalized spacial score (nSPS) is 12.3. The van der Waals surface area contributed by atoms with Crippen LogP contribution in [0.1, 0.15) is 19.8 Å². The Kier molecular flexibility index (Phi) is 4.54. The van der Waals surface area contributed by atoms with E-state index in [2.05, 4.69) is 15.5 Å². The molecule has 1 heterocycles. The van der Waals surface area contributed by atoms with E-state index in [1.165, 1.54) is 6.07 Å². The van der Waals surface area contributed by atoms with Gasteiger partial charge in [0.2, 0.25) is 5.91 Å². The molecule has 2 rings (SSSR count). The number of aromatic nitrogens is 2. The molecule has 1 aromatic carbocycles. The molecule has 0 radical (unpaired) electrons. The van der Waals surface area contributed by atoms with Crippen LogP contribution in [0.2, 0.25) is 0 Å². The average Bonchev–Trinajstić information content (AvgIpc) is 2.48. The summed E-state index contributed by atoms with van der Waals surface area (Å²) in [6.07, 6.45) is 1.43. The number of rotatable bonds is 5. The molecule has 7 nitrogen and oxygen atoms in total.